The van der Waals surface area contributed by atoms with E-state index < -0.39 is 0 Å². The fourth-order valence-electron chi connectivity index (χ4n) is 2.23. The predicted molar refractivity (Wildman–Crippen MR) is 62.5 cm³/mol. The highest BCUT2D eigenvalue weighted by molar-refractivity contribution is 5.80. The quantitative estimate of drug-likeness (QED) is 0.711. The highest BCUT2D eigenvalue weighted by atomic mass is 16.1. The molecule has 0 amide bonds. The van der Waals surface area contributed by atoms with Crippen LogP contribution in [0.2, 0.25) is 0 Å². The van der Waals surface area contributed by atoms with Crippen LogP contribution in [0.25, 0.3) is 0 Å². The van der Waals surface area contributed by atoms with Crippen LogP contribution in [-0.4, -0.2) is 11.6 Å². The summed E-state index contributed by atoms with van der Waals surface area (Å²) < 4.78 is 0. The molecule has 0 aliphatic heterocycles. The summed E-state index contributed by atoms with van der Waals surface area (Å²) in [6, 6.07) is 6.18. The molecule has 0 saturated carbocycles. The molecule has 0 aromatic heterocycles. The minimum Gasteiger partial charge on any atom is -0.300 e. The Morgan fingerprint density at radius 3 is 2.50 bits per heavy atom. The first-order valence-electron chi connectivity index (χ1n) is 5.77. The maximum atomic E-state index is 11.4. The van der Waals surface area contributed by atoms with Gasteiger partial charge in [-0.2, -0.15) is 0 Å². The van der Waals surface area contributed by atoms with Crippen molar-refractivity contribution in [2.24, 2.45) is 0 Å². The van der Waals surface area contributed by atoms with Crippen molar-refractivity contribution in [2.75, 3.05) is 0 Å². The maximum absolute atomic E-state index is 11.4. The van der Waals surface area contributed by atoms with E-state index in [1.807, 2.05) is 6.07 Å². The lowest BCUT2D eigenvalue weighted by Gasteiger charge is -2.07. The lowest BCUT2D eigenvalue weighted by molar-refractivity contribution is -0.119. The molecule has 0 saturated heterocycles. The average molecular weight is 216 g/mol. The van der Waals surface area contributed by atoms with Gasteiger partial charge in [-0.15, -0.1) is 0 Å². The Morgan fingerprint density at radius 1 is 1.12 bits per heavy atom. The molecule has 1 aromatic carbocycles. The van der Waals surface area contributed by atoms with Crippen LogP contribution in [0, 0.1) is 0 Å². The molecule has 2 heteroatoms. The molecule has 0 heterocycles. The number of carbonyl (C=O) groups is 2. The third-order valence-electron chi connectivity index (χ3n) is 3.07. The first kappa shape index (κ1) is 11.1. The Kier molecular flexibility index (Phi) is 3.18. The van der Waals surface area contributed by atoms with Gasteiger partial charge >= 0.3 is 0 Å². The molecule has 2 nitrogen and oxygen atoms in total. The molecule has 0 unspecified atom stereocenters. The van der Waals surface area contributed by atoms with Crippen LogP contribution in [0.15, 0.2) is 18.2 Å². The molecule has 0 fully saturated rings. The van der Waals surface area contributed by atoms with E-state index in [4.69, 9.17) is 0 Å². The van der Waals surface area contributed by atoms with Crippen molar-refractivity contribution in [2.45, 2.75) is 39.0 Å². The van der Waals surface area contributed by atoms with Crippen LogP contribution in [-0.2, 0) is 28.9 Å². The summed E-state index contributed by atoms with van der Waals surface area (Å²) in [6.07, 6.45) is 3.51. The van der Waals surface area contributed by atoms with Crippen molar-refractivity contribution in [1.29, 1.82) is 0 Å². The number of fused-ring (bicyclic) bond motifs is 1. The third kappa shape index (κ3) is 2.57. The SMILES string of the molecule is CC(=O)Cc1ccc2c(c1)CCC(=O)CC2. The minimum atomic E-state index is 0.185. The van der Waals surface area contributed by atoms with Gasteiger partial charge in [0, 0.05) is 19.3 Å². The Labute approximate surface area is 95.7 Å². The molecule has 1 aromatic rings. The van der Waals surface area contributed by atoms with Crippen LogP contribution in [0.3, 0.4) is 0 Å². The number of ketones is 2. The molecule has 2 rings (SSSR count). The summed E-state index contributed by atoms with van der Waals surface area (Å²) in [5.74, 6) is 0.536. The summed E-state index contributed by atoms with van der Waals surface area (Å²) in [4.78, 5) is 22.4. The van der Waals surface area contributed by atoms with Gasteiger partial charge in [0.2, 0.25) is 0 Å². The van der Waals surface area contributed by atoms with E-state index in [2.05, 4.69) is 12.1 Å². The zero-order chi connectivity index (χ0) is 11.5. The molecule has 1 aliphatic rings. The second-order valence-corrected chi connectivity index (χ2v) is 4.52. The smallest absolute Gasteiger partial charge is 0.134 e. The van der Waals surface area contributed by atoms with Gasteiger partial charge < -0.3 is 0 Å². The number of Topliss-reactive ketones (excluding diaryl/α,β-unsaturated/α-hetero) is 2. The highest BCUT2D eigenvalue weighted by Crippen LogP contribution is 2.20. The largest absolute Gasteiger partial charge is 0.300 e. The zero-order valence-electron chi connectivity index (χ0n) is 9.58. The fourth-order valence-corrected chi connectivity index (χ4v) is 2.23. The highest BCUT2D eigenvalue weighted by Gasteiger charge is 2.13. The van der Waals surface area contributed by atoms with Crippen molar-refractivity contribution in [3.63, 3.8) is 0 Å². The van der Waals surface area contributed by atoms with Gasteiger partial charge in [-0.25, -0.2) is 0 Å². The van der Waals surface area contributed by atoms with E-state index in [1.165, 1.54) is 11.1 Å². The molecule has 0 spiro atoms. The lowest BCUT2D eigenvalue weighted by atomic mass is 9.98. The fraction of sp³-hybridized carbons (Fsp3) is 0.429. The molecule has 0 bridgehead atoms. The van der Waals surface area contributed by atoms with Gasteiger partial charge in [0.25, 0.3) is 0 Å². The van der Waals surface area contributed by atoms with Crippen molar-refractivity contribution >= 4 is 11.6 Å². The number of hydrogen-bond acceptors (Lipinski definition) is 2. The molecule has 0 N–H and O–H groups in total. The van der Waals surface area contributed by atoms with E-state index >= 15 is 0 Å². The van der Waals surface area contributed by atoms with Crippen LogP contribution in [0.5, 0.6) is 0 Å². The molecule has 0 atom stereocenters. The first-order chi connectivity index (χ1) is 7.65. The van der Waals surface area contributed by atoms with E-state index in [0.29, 0.717) is 25.0 Å². The zero-order valence-corrected chi connectivity index (χ0v) is 9.58. The topological polar surface area (TPSA) is 34.1 Å². The van der Waals surface area contributed by atoms with Crippen LogP contribution in [0.4, 0.5) is 0 Å². The average Bonchev–Trinajstić information content (AvgIpc) is 2.40. The summed E-state index contributed by atoms with van der Waals surface area (Å²) >= 11 is 0. The molecular formula is C14H16O2. The van der Waals surface area contributed by atoms with E-state index in [0.717, 1.165) is 18.4 Å². The van der Waals surface area contributed by atoms with Crippen molar-refractivity contribution in [1.82, 2.24) is 0 Å². The minimum absolute atomic E-state index is 0.185. The second-order valence-electron chi connectivity index (χ2n) is 4.52. The predicted octanol–water partition coefficient (Wildman–Crippen LogP) is 2.27. The van der Waals surface area contributed by atoms with Crippen LogP contribution in [0.1, 0.15) is 36.5 Å². The van der Waals surface area contributed by atoms with Gasteiger partial charge in [-0.3, -0.25) is 9.59 Å². The second kappa shape index (κ2) is 4.60. The maximum Gasteiger partial charge on any atom is 0.134 e. The number of aryl methyl sites for hydroxylation is 2. The van der Waals surface area contributed by atoms with Gasteiger partial charge in [-0.1, -0.05) is 18.2 Å². The normalized spacial score (nSPS) is 15.4. The van der Waals surface area contributed by atoms with Crippen molar-refractivity contribution in [3.8, 4) is 0 Å². The van der Waals surface area contributed by atoms with Crippen molar-refractivity contribution in [3.05, 3.63) is 34.9 Å². The number of benzene rings is 1. The van der Waals surface area contributed by atoms with Gasteiger partial charge in [0.1, 0.15) is 11.6 Å². The standard InChI is InChI=1S/C14H16O2/c1-10(15)8-11-2-3-12-4-6-14(16)7-5-13(12)9-11/h2-3,9H,4-8H2,1H3. The third-order valence-corrected chi connectivity index (χ3v) is 3.07. The Bertz CT molecular complexity index is 432. The van der Waals surface area contributed by atoms with Gasteiger partial charge in [0.15, 0.2) is 0 Å². The molecule has 84 valence electrons. The number of carbonyl (C=O) groups excluding carboxylic acids is 2. The van der Waals surface area contributed by atoms with Crippen LogP contribution >= 0.6 is 0 Å². The van der Waals surface area contributed by atoms with Gasteiger partial charge in [-0.05, 0) is 36.5 Å². The molecule has 16 heavy (non-hydrogen) atoms. The van der Waals surface area contributed by atoms with Crippen LogP contribution < -0.4 is 0 Å². The first-order valence-corrected chi connectivity index (χ1v) is 5.77. The van der Waals surface area contributed by atoms with E-state index in [-0.39, 0.29) is 5.78 Å². The van der Waals surface area contributed by atoms with Crippen molar-refractivity contribution < 1.29 is 9.59 Å². The monoisotopic (exact) mass is 216 g/mol. The summed E-state index contributed by atoms with van der Waals surface area (Å²) in [5.41, 5.74) is 3.60. The summed E-state index contributed by atoms with van der Waals surface area (Å²) in [7, 11) is 0. The summed E-state index contributed by atoms with van der Waals surface area (Å²) in [5, 5.41) is 0. The Hall–Kier alpha value is -1.44. The molecular weight excluding hydrogens is 200 g/mol. The number of hydrogen-bond donors (Lipinski definition) is 0. The molecule has 1 aliphatic carbocycles. The molecule has 0 radical (unpaired) electrons. The number of rotatable bonds is 2. The van der Waals surface area contributed by atoms with Gasteiger partial charge in [0.05, 0.1) is 0 Å². The van der Waals surface area contributed by atoms with E-state index in [1.54, 1.807) is 6.92 Å². The Balaban J connectivity index is 2.24. The van der Waals surface area contributed by atoms with E-state index in [9.17, 15) is 9.59 Å². The Morgan fingerprint density at radius 2 is 1.81 bits per heavy atom. The summed E-state index contributed by atoms with van der Waals surface area (Å²) in [6.45, 7) is 1.61. The lowest BCUT2D eigenvalue weighted by Crippen LogP contribution is -1.99.